The van der Waals surface area contributed by atoms with E-state index in [4.69, 9.17) is 4.74 Å². The summed E-state index contributed by atoms with van der Waals surface area (Å²) in [7, 11) is 0. The Hall–Kier alpha value is -3.55. The number of nitrogens with zero attached hydrogens (tertiary/aromatic N) is 1. The molecule has 0 aliphatic carbocycles. The first-order valence-electron chi connectivity index (χ1n) is 10.9. The summed E-state index contributed by atoms with van der Waals surface area (Å²) in [6, 6.07) is 20.6. The van der Waals surface area contributed by atoms with Gasteiger partial charge in [0, 0.05) is 18.7 Å². The van der Waals surface area contributed by atoms with Gasteiger partial charge in [0.2, 0.25) is 5.91 Å². The van der Waals surface area contributed by atoms with Gasteiger partial charge in [-0.15, -0.1) is 0 Å². The van der Waals surface area contributed by atoms with Crippen LogP contribution in [-0.4, -0.2) is 49.1 Å². The number of carbonyl (C=O) groups is 2. The van der Waals surface area contributed by atoms with E-state index in [-0.39, 0.29) is 17.5 Å². The molecule has 2 N–H and O–H groups in total. The molecular weight excluding hydrogens is 421 g/mol. The van der Waals surface area contributed by atoms with Crippen molar-refractivity contribution in [2.24, 2.45) is 0 Å². The smallest absolute Gasteiger partial charge is 0.255 e. The molecule has 0 saturated carbocycles. The molecule has 1 atom stereocenters. The zero-order valence-electron chi connectivity index (χ0n) is 18.4. The summed E-state index contributed by atoms with van der Waals surface area (Å²) < 4.78 is 19.3. The van der Waals surface area contributed by atoms with E-state index in [0.29, 0.717) is 37.6 Å². The average molecular weight is 448 g/mol. The molecule has 2 amide bonds. The van der Waals surface area contributed by atoms with E-state index in [1.807, 2.05) is 47.4 Å². The Morgan fingerprint density at radius 2 is 1.55 bits per heavy atom. The summed E-state index contributed by atoms with van der Waals surface area (Å²) in [5.74, 6) is -1.13. The molecule has 3 aromatic rings. The second-order valence-electron chi connectivity index (χ2n) is 7.90. The van der Waals surface area contributed by atoms with Gasteiger partial charge in [0.15, 0.2) is 0 Å². The lowest BCUT2D eigenvalue weighted by molar-refractivity contribution is -0.122. The predicted octanol–water partition coefficient (Wildman–Crippen LogP) is 4.40. The topological polar surface area (TPSA) is 70.7 Å². The SMILES string of the molecule is C[C@@H](C(=O)Nc1cc(F)ccc1NC(=O)c1ccc(-c2ccccc2)cc1)N1CCOCC1. The lowest BCUT2D eigenvalue weighted by Gasteiger charge is -2.31. The van der Waals surface area contributed by atoms with Crippen LogP contribution in [0.1, 0.15) is 17.3 Å². The number of benzene rings is 3. The van der Waals surface area contributed by atoms with Crippen LogP contribution in [0.2, 0.25) is 0 Å². The van der Waals surface area contributed by atoms with Gasteiger partial charge in [-0.05, 0) is 48.4 Å². The van der Waals surface area contributed by atoms with Gasteiger partial charge in [0.05, 0.1) is 30.6 Å². The fraction of sp³-hybridized carbons (Fsp3) is 0.231. The molecule has 1 aliphatic rings. The maximum atomic E-state index is 13.9. The molecule has 1 heterocycles. The highest BCUT2D eigenvalue weighted by Crippen LogP contribution is 2.25. The highest BCUT2D eigenvalue weighted by Gasteiger charge is 2.24. The van der Waals surface area contributed by atoms with Crippen LogP contribution in [0.3, 0.4) is 0 Å². The van der Waals surface area contributed by atoms with Crippen molar-refractivity contribution < 1.29 is 18.7 Å². The molecule has 6 nitrogen and oxygen atoms in total. The summed E-state index contributed by atoms with van der Waals surface area (Å²) in [4.78, 5) is 27.6. The largest absolute Gasteiger partial charge is 0.379 e. The molecule has 33 heavy (non-hydrogen) atoms. The van der Waals surface area contributed by atoms with Crippen molar-refractivity contribution in [1.29, 1.82) is 0 Å². The van der Waals surface area contributed by atoms with E-state index in [1.54, 1.807) is 19.1 Å². The number of amides is 2. The maximum absolute atomic E-state index is 13.9. The lowest BCUT2D eigenvalue weighted by atomic mass is 10.0. The quantitative estimate of drug-likeness (QED) is 0.588. The van der Waals surface area contributed by atoms with Crippen molar-refractivity contribution >= 4 is 23.2 Å². The molecule has 1 saturated heterocycles. The van der Waals surface area contributed by atoms with Gasteiger partial charge >= 0.3 is 0 Å². The number of rotatable bonds is 6. The third-order valence-corrected chi connectivity index (χ3v) is 5.71. The summed E-state index contributed by atoms with van der Waals surface area (Å²) in [5, 5.41) is 5.54. The number of anilines is 2. The standard InChI is InChI=1S/C26H26FN3O3/c1-18(30-13-15-33-16-14-30)25(31)29-24-17-22(27)11-12-23(24)28-26(32)21-9-7-20(8-10-21)19-5-3-2-4-6-19/h2-12,17-18H,13-16H2,1H3,(H,28,32)(H,29,31)/t18-/m0/s1. The van der Waals surface area contributed by atoms with Crippen LogP contribution < -0.4 is 10.6 Å². The minimum absolute atomic E-state index is 0.217. The molecule has 0 radical (unpaired) electrons. The summed E-state index contributed by atoms with van der Waals surface area (Å²) >= 11 is 0. The van der Waals surface area contributed by atoms with E-state index in [9.17, 15) is 14.0 Å². The third-order valence-electron chi connectivity index (χ3n) is 5.71. The molecule has 7 heteroatoms. The van der Waals surface area contributed by atoms with Crippen LogP contribution in [-0.2, 0) is 9.53 Å². The second kappa shape index (κ2) is 10.4. The number of morpholine rings is 1. The Kier molecular flexibility index (Phi) is 7.12. The molecule has 3 aromatic carbocycles. The van der Waals surface area contributed by atoms with Gasteiger partial charge in [0.1, 0.15) is 5.82 Å². The van der Waals surface area contributed by atoms with Crippen LogP contribution in [0.15, 0.2) is 72.8 Å². The van der Waals surface area contributed by atoms with Gasteiger partial charge in [-0.1, -0.05) is 42.5 Å². The van der Waals surface area contributed by atoms with E-state index in [0.717, 1.165) is 11.1 Å². The van der Waals surface area contributed by atoms with E-state index >= 15 is 0 Å². The van der Waals surface area contributed by atoms with Crippen molar-refractivity contribution in [3.8, 4) is 11.1 Å². The Balaban J connectivity index is 1.46. The highest BCUT2D eigenvalue weighted by molar-refractivity contribution is 6.07. The Labute approximate surface area is 192 Å². The molecule has 0 spiro atoms. The van der Waals surface area contributed by atoms with Gasteiger partial charge in [-0.25, -0.2) is 4.39 Å². The molecule has 4 rings (SSSR count). The van der Waals surface area contributed by atoms with E-state index in [1.165, 1.54) is 18.2 Å². The monoisotopic (exact) mass is 447 g/mol. The summed E-state index contributed by atoms with van der Waals surface area (Å²) in [6.07, 6.45) is 0. The van der Waals surface area contributed by atoms with Gasteiger partial charge in [-0.3, -0.25) is 14.5 Å². The van der Waals surface area contributed by atoms with Crippen molar-refractivity contribution in [2.75, 3.05) is 36.9 Å². The average Bonchev–Trinajstić information content (AvgIpc) is 2.86. The number of carbonyl (C=O) groups excluding carboxylic acids is 2. The van der Waals surface area contributed by atoms with Crippen molar-refractivity contribution in [2.45, 2.75) is 13.0 Å². The number of ether oxygens (including phenoxy) is 1. The van der Waals surface area contributed by atoms with Crippen molar-refractivity contribution in [1.82, 2.24) is 4.90 Å². The summed E-state index contributed by atoms with van der Waals surface area (Å²) in [5.41, 5.74) is 3.06. The minimum Gasteiger partial charge on any atom is -0.379 e. The zero-order chi connectivity index (χ0) is 23.2. The van der Waals surface area contributed by atoms with Gasteiger partial charge < -0.3 is 15.4 Å². The van der Waals surface area contributed by atoms with Crippen LogP contribution in [0, 0.1) is 5.82 Å². The van der Waals surface area contributed by atoms with Crippen LogP contribution in [0.5, 0.6) is 0 Å². The van der Waals surface area contributed by atoms with Crippen LogP contribution >= 0.6 is 0 Å². The zero-order valence-corrected chi connectivity index (χ0v) is 18.4. The van der Waals surface area contributed by atoms with Crippen molar-refractivity contribution in [3.05, 3.63) is 84.2 Å². The van der Waals surface area contributed by atoms with Gasteiger partial charge in [-0.2, -0.15) is 0 Å². The molecular formula is C26H26FN3O3. The number of halogens is 1. The second-order valence-corrected chi connectivity index (χ2v) is 7.90. The van der Waals surface area contributed by atoms with Gasteiger partial charge in [0.25, 0.3) is 5.91 Å². The number of hydrogen-bond acceptors (Lipinski definition) is 4. The van der Waals surface area contributed by atoms with E-state index in [2.05, 4.69) is 10.6 Å². The third kappa shape index (κ3) is 5.63. The number of nitrogens with one attached hydrogen (secondary N) is 2. The minimum atomic E-state index is -0.505. The molecule has 0 unspecified atom stereocenters. The van der Waals surface area contributed by atoms with E-state index < -0.39 is 11.9 Å². The highest BCUT2D eigenvalue weighted by atomic mass is 19.1. The Morgan fingerprint density at radius 3 is 2.24 bits per heavy atom. The first-order valence-corrected chi connectivity index (χ1v) is 10.9. The maximum Gasteiger partial charge on any atom is 0.255 e. The van der Waals surface area contributed by atoms with Crippen LogP contribution in [0.25, 0.3) is 11.1 Å². The molecule has 0 bridgehead atoms. The first kappa shape index (κ1) is 22.6. The number of hydrogen-bond donors (Lipinski definition) is 2. The Bertz CT molecular complexity index is 1110. The van der Waals surface area contributed by atoms with Crippen LogP contribution in [0.4, 0.5) is 15.8 Å². The molecule has 1 aliphatic heterocycles. The fourth-order valence-electron chi connectivity index (χ4n) is 3.74. The Morgan fingerprint density at radius 1 is 0.879 bits per heavy atom. The summed E-state index contributed by atoms with van der Waals surface area (Å²) in [6.45, 7) is 4.25. The molecule has 1 fully saturated rings. The predicted molar refractivity (Wildman–Crippen MR) is 127 cm³/mol. The molecule has 0 aromatic heterocycles. The molecule has 170 valence electrons. The normalized spacial score (nSPS) is 15.0. The first-order chi connectivity index (χ1) is 16.0. The van der Waals surface area contributed by atoms with Crippen molar-refractivity contribution in [3.63, 3.8) is 0 Å². The fourth-order valence-corrected chi connectivity index (χ4v) is 3.74. The lowest BCUT2D eigenvalue weighted by Crippen LogP contribution is -2.47.